The first-order valence-electron chi connectivity index (χ1n) is 4.61. The fourth-order valence-electron chi connectivity index (χ4n) is 1.05. The van der Waals surface area contributed by atoms with Crippen LogP contribution in [0.5, 0.6) is 0 Å². The van der Waals surface area contributed by atoms with Gasteiger partial charge < -0.3 is 5.73 Å². The van der Waals surface area contributed by atoms with Gasteiger partial charge in [0.15, 0.2) is 0 Å². The molecule has 0 radical (unpaired) electrons. The highest BCUT2D eigenvalue weighted by Crippen LogP contribution is 2.11. The van der Waals surface area contributed by atoms with Crippen molar-refractivity contribution < 1.29 is 4.79 Å². The zero-order chi connectivity index (χ0) is 9.40. The van der Waals surface area contributed by atoms with Gasteiger partial charge in [0.1, 0.15) is 0 Å². The molecule has 0 aliphatic carbocycles. The summed E-state index contributed by atoms with van der Waals surface area (Å²) in [6.45, 7) is 6.06. The van der Waals surface area contributed by atoms with E-state index >= 15 is 0 Å². The molecule has 0 spiro atoms. The molecule has 0 unspecified atom stereocenters. The lowest BCUT2D eigenvalue weighted by Gasteiger charge is -2.02. The molecule has 0 aliphatic heterocycles. The van der Waals surface area contributed by atoms with Crippen LogP contribution < -0.4 is 5.73 Å². The molecule has 0 rings (SSSR count). The smallest absolute Gasteiger partial charge is 0.217 e. The third kappa shape index (κ3) is 7.32. The first-order chi connectivity index (χ1) is 5.66. The molecule has 2 nitrogen and oxygen atoms in total. The lowest BCUT2D eigenvalue weighted by Crippen LogP contribution is -2.09. The van der Waals surface area contributed by atoms with Gasteiger partial charge in [-0.2, -0.15) is 0 Å². The highest BCUT2D eigenvalue weighted by atomic mass is 16.1. The lowest BCUT2D eigenvalue weighted by molar-refractivity contribution is -0.117. The molecule has 0 saturated carbocycles. The van der Waals surface area contributed by atoms with Crippen LogP contribution in [0.3, 0.4) is 0 Å². The van der Waals surface area contributed by atoms with Crippen molar-refractivity contribution >= 4 is 5.91 Å². The van der Waals surface area contributed by atoms with Gasteiger partial charge in [0.2, 0.25) is 5.91 Å². The van der Waals surface area contributed by atoms with Gasteiger partial charge in [-0.15, -0.1) is 0 Å². The Labute approximate surface area is 74.8 Å². The Kier molecular flexibility index (Phi) is 6.44. The molecule has 0 fully saturated rings. The molecule has 0 saturated heterocycles. The molecule has 1 amide bonds. The van der Waals surface area contributed by atoms with Crippen LogP contribution in [0.2, 0.25) is 0 Å². The van der Waals surface area contributed by atoms with Crippen LogP contribution in [-0.2, 0) is 4.79 Å². The zero-order valence-electron chi connectivity index (χ0n) is 7.94. The van der Waals surface area contributed by atoms with E-state index in [2.05, 4.69) is 13.5 Å². The van der Waals surface area contributed by atoms with Gasteiger partial charge in [0.25, 0.3) is 0 Å². The van der Waals surface area contributed by atoms with E-state index < -0.39 is 0 Å². The monoisotopic (exact) mass is 169 g/mol. The topological polar surface area (TPSA) is 43.1 Å². The number of allylic oxidation sites excluding steroid dienone is 1. The number of hydrogen-bond acceptors (Lipinski definition) is 1. The zero-order valence-corrected chi connectivity index (χ0v) is 7.94. The van der Waals surface area contributed by atoms with Crippen LogP contribution in [0.1, 0.15) is 45.4 Å². The van der Waals surface area contributed by atoms with E-state index in [1.165, 1.54) is 19.3 Å². The van der Waals surface area contributed by atoms with Crippen LogP contribution in [0, 0.1) is 0 Å². The van der Waals surface area contributed by atoms with Crippen LogP contribution >= 0.6 is 0 Å². The first-order valence-corrected chi connectivity index (χ1v) is 4.61. The number of unbranched alkanes of at least 4 members (excludes halogenated alkanes) is 2. The number of nitrogens with two attached hydrogens (primary N) is 1. The summed E-state index contributed by atoms with van der Waals surface area (Å²) in [4.78, 5) is 10.4. The van der Waals surface area contributed by atoms with Gasteiger partial charge >= 0.3 is 0 Å². The number of primary amides is 1. The van der Waals surface area contributed by atoms with Crippen molar-refractivity contribution in [3.8, 4) is 0 Å². The summed E-state index contributed by atoms with van der Waals surface area (Å²) in [5, 5.41) is 0. The van der Waals surface area contributed by atoms with E-state index in [1.54, 1.807) is 0 Å². The molecule has 2 heteroatoms. The van der Waals surface area contributed by atoms with Crippen molar-refractivity contribution in [3.63, 3.8) is 0 Å². The lowest BCUT2D eigenvalue weighted by atomic mass is 10.0. The Morgan fingerprint density at radius 1 is 1.25 bits per heavy atom. The summed E-state index contributed by atoms with van der Waals surface area (Å²) in [5.41, 5.74) is 6.17. The Bertz CT molecular complexity index is 152. The highest BCUT2D eigenvalue weighted by Gasteiger charge is 1.97. The number of rotatable bonds is 7. The molecule has 70 valence electrons. The fourth-order valence-corrected chi connectivity index (χ4v) is 1.05. The van der Waals surface area contributed by atoms with Gasteiger partial charge in [-0.25, -0.2) is 0 Å². The van der Waals surface area contributed by atoms with Crippen molar-refractivity contribution in [1.82, 2.24) is 0 Å². The molecular formula is C10H19NO. The molecule has 0 bridgehead atoms. The number of carbonyl (C=O) groups excluding carboxylic acids is 1. The maximum absolute atomic E-state index is 10.4. The third-order valence-electron chi connectivity index (χ3n) is 1.86. The van der Waals surface area contributed by atoms with Crippen molar-refractivity contribution in [2.24, 2.45) is 5.73 Å². The average molecular weight is 169 g/mol. The van der Waals surface area contributed by atoms with Crippen molar-refractivity contribution in [1.29, 1.82) is 0 Å². The van der Waals surface area contributed by atoms with Crippen molar-refractivity contribution in [2.45, 2.75) is 45.4 Å². The predicted molar refractivity (Wildman–Crippen MR) is 51.7 cm³/mol. The molecule has 2 N–H and O–H groups in total. The Morgan fingerprint density at radius 2 is 1.92 bits per heavy atom. The van der Waals surface area contributed by atoms with E-state index in [9.17, 15) is 4.79 Å². The van der Waals surface area contributed by atoms with E-state index in [-0.39, 0.29) is 5.91 Å². The molecule has 0 aromatic carbocycles. The third-order valence-corrected chi connectivity index (χ3v) is 1.86. The molecule has 0 aromatic rings. The van der Waals surface area contributed by atoms with Crippen LogP contribution in [0.25, 0.3) is 0 Å². The Morgan fingerprint density at radius 3 is 2.42 bits per heavy atom. The molecule has 0 heterocycles. The quantitative estimate of drug-likeness (QED) is 0.461. The van der Waals surface area contributed by atoms with E-state index in [1.807, 2.05) is 0 Å². The molecule has 0 atom stereocenters. The standard InChI is InChI=1S/C10H19NO/c1-3-4-5-6-9(2)7-8-10(11)12/h2-8H2,1H3,(H2,11,12). The van der Waals surface area contributed by atoms with E-state index in [0.29, 0.717) is 6.42 Å². The summed E-state index contributed by atoms with van der Waals surface area (Å²) >= 11 is 0. The maximum Gasteiger partial charge on any atom is 0.217 e. The predicted octanol–water partition coefficient (Wildman–Crippen LogP) is 2.39. The van der Waals surface area contributed by atoms with Crippen LogP contribution in [-0.4, -0.2) is 5.91 Å². The summed E-state index contributed by atoms with van der Waals surface area (Å²) < 4.78 is 0. The minimum absolute atomic E-state index is 0.230. The minimum Gasteiger partial charge on any atom is -0.370 e. The normalized spacial score (nSPS) is 9.75. The van der Waals surface area contributed by atoms with Gasteiger partial charge in [-0.05, 0) is 19.3 Å². The van der Waals surface area contributed by atoms with Crippen molar-refractivity contribution in [2.75, 3.05) is 0 Å². The second-order valence-electron chi connectivity index (χ2n) is 3.17. The van der Waals surface area contributed by atoms with Crippen LogP contribution in [0.15, 0.2) is 12.2 Å². The SMILES string of the molecule is C=C(CCCCC)CCC(N)=O. The largest absolute Gasteiger partial charge is 0.370 e. The van der Waals surface area contributed by atoms with Gasteiger partial charge in [0, 0.05) is 6.42 Å². The van der Waals surface area contributed by atoms with Crippen LogP contribution in [0.4, 0.5) is 0 Å². The summed E-state index contributed by atoms with van der Waals surface area (Å²) in [7, 11) is 0. The number of amides is 1. The highest BCUT2D eigenvalue weighted by molar-refractivity contribution is 5.73. The molecule has 12 heavy (non-hydrogen) atoms. The van der Waals surface area contributed by atoms with Gasteiger partial charge in [0.05, 0.1) is 0 Å². The van der Waals surface area contributed by atoms with E-state index in [4.69, 9.17) is 5.73 Å². The second kappa shape index (κ2) is 6.89. The second-order valence-corrected chi connectivity index (χ2v) is 3.17. The van der Waals surface area contributed by atoms with E-state index in [0.717, 1.165) is 18.4 Å². The molecule has 0 aromatic heterocycles. The summed E-state index contributed by atoms with van der Waals surface area (Å²) in [5.74, 6) is -0.230. The molecule has 0 aliphatic rings. The minimum atomic E-state index is -0.230. The Hall–Kier alpha value is -0.790. The molecular weight excluding hydrogens is 150 g/mol. The Balaban J connectivity index is 3.28. The van der Waals surface area contributed by atoms with Gasteiger partial charge in [-0.3, -0.25) is 4.79 Å². The summed E-state index contributed by atoms with van der Waals surface area (Å²) in [6, 6.07) is 0. The van der Waals surface area contributed by atoms with Gasteiger partial charge in [-0.1, -0.05) is 31.9 Å². The number of hydrogen-bond donors (Lipinski definition) is 1. The fraction of sp³-hybridized carbons (Fsp3) is 0.700. The summed E-state index contributed by atoms with van der Waals surface area (Å²) in [6.07, 6.45) is 5.91. The first kappa shape index (κ1) is 11.2. The number of carbonyl (C=O) groups is 1. The maximum atomic E-state index is 10.4. The van der Waals surface area contributed by atoms with Crippen molar-refractivity contribution in [3.05, 3.63) is 12.2 Å². The average Bonchev–Trinajstić information content (AvgIpc) is 2.01.